The van der Waals surface area contributed by atoms with Gasteiger partial charge in [0.25, 0.3) is 0 Å². The second-order valence-corrected chi connectivity index (χ2v) is 5.10. The molecule has 0 N–H and O–H groups in total. The minimum Gasteiger partial charge on any atom is -0.461 e. The molecule has 0 atom stereocenters. The first-order valence-corrected chi connectivity index (χ1v) is 7.24. The number of ketones is 1. The molecule has 0 saturated carbocycles. The Labute approximate surface area is 138 Å². The molecule has 2 rings (SSSR count). The van der Waals surface area contributed by atoms with Crippen molar-refractivity contribution in [1.82, 2.24) is 0 Å². The molecule has 0 radical (unpaired) electrons. The van der Waals surface area contributed by atoms with Crippen molar-refractivity contribution in [2.75, 3.05) is 6.61 Å². The summed E-state index contributed by atoms with van der Waals surface area (Å²) in [6.07, 6.45) is 1.38. The lowest BCUT2D eigenvalue weighted by atomic mass is 10.1. The zero-order valence-electron chi connectivity index (χ0n) is 13.3. The molecule has 0 bridgehead atoms. The summed E-state index contributed by atoms with van der Waals surface area (Å²) < 4.78 is 10.5. The molecule has 0 aliphatic rings. The van der Waals surface area contributed by atoms with Crippen LogP contribution in [0.25, 0.3) is 17.0 Å². The monoisotopic (exact) mass is 325 g/mol. The Hall–Kier alpha value is -3.20. The van der Waals surface area contributed by atoms with E-state index in [1.54, 1.807) is 25.1 Å². The fraction of sp³-hybridized carbons (Fsp3) is 0.222. The van der Waals surface area contributed by atoms with Crippen LogP contribution in [0.2, 0.25) is 0 Å². The number of Topliss-reactive ketones (excluding diaryl/α,β-unsaturated/α-hetero) is 1. The molecule has 24 heavy (non-hydrogen) atoms. The molecule has 6 nitrogen and oxygen atoms in total. The highest BCUT2D eigenvalue weighted by atomic mass is 16.5. The lowest BCUT2D eigenvalue weighted by molar-refractivity contribution is -0.140. The highest BCUT2D eigenvalue weighted by Crippen LogP contribution is 2.20. The lowest BCUT2D eigenvalue weighted by Crippen LogP contribution is -2.14. The fourth-order valence-electron chi connectivity index (χ4n) is 2.16. The average molecular weight is 325 g/mol. The second-order valence-electron chi connectivity index (χ2n) is 5.10. The van der Waals surface area contributed by atoms with Crippen LogP contribution in [0.15, 0.2) is 39.1 Å². The van der Waals surface area contributed by atoms with E-state index in [0.29, 0.717) is 22.3 Å². The van der Waals surface area contributed by atoms with Crippen molar-refractivity contribution < 1.29 is 18.7 Å². The number of hydrogen-bond donors (Lipinski definition) is 0. The molecule has 1 aromatic heterocycles. The molecule has 0 aliphatic heterocycles. The lowest BCUT2D eigenvalue weighted by Gasteiger charge is -2.06. The molecular formula is C18H15NO5. The van der Waals surface area contributed by atoms with Crippen LogP contribution in [-0.2, 0) is 14.3 Å². The van der Waals surface area contributed by atoms with Crippen molar-refractivity contribution in [1.29, 1.82) is 5.26 Å². The van der Waals surface area contributed by atoms with E-state index < -0.39 is 11.8 Å². The number of rotatable bonds is 5. The van der Waals surface area contributed by atoms with Gasteiger partial charge in [0.2, 0.25) is 0 Å². The van der Waals surface area contributed by atoms with Gasteiger partial charge < -0.3 is 9.15 Å². The quantitative estimate of drug-likeness (QED) is 0.275. The Morgan fingerprint density at radius 1 is 1.38 bits per heavy atom. The maximum absolute atomic E-state index is 12.0. The van der Waals surface area contributed by atoms with Crippen LogP contribution in [0, 0.1) is 18.3 Å². The summed E-state index contributed by atoms with van der Waals surface area (Å²) in [4.78, 5) is 35.8. The Morgan fingerprint density at radius 2 is 2.12 bits per heavy atom. The first-order valence-electron chi connectivity index (χ1n) is 7.24. The maximum Gasteiger partial charge on any atom is 0.341 e. The second kappa shape index (κ2) is 7.38. The first-order chi connectivity index (χ1) is 11.4. The number of aryl methyl sites for hydroxylation is 1. The summed E-state index contributed by atoms with van der Waals surface area (Å²) in [5, 5.41) is 8.82. The number of hydrogen-bond acceptors (Lipinski definition) is 6. The van der Waals surface area contributed by atoms with Crippen LogP contribution < -0.4 is 5.43 Å². The molecule has 0 spiro atoms. The van der Waals surface area contributed by atoms with Crippen LogP contribution >= 0.6 is 0 Å². The largest absolute Gasteiger partial charge is 0.461 e. The number of ether oxygens (including phenoxy) is 1. The molecular weight excluding hydrogens is 310 g/mol. The number of nitriles is 1. The molecule has 0 amide bonds. The summed E-state index contributed by atoms with van der Waals surface area (Å²) in [5.41, 5.74) is 0.344. The van der Waals surface area contributed by atoms with E-state index in [9.17, 15) is 14.4 Å². The van der Waals surface area contributed by atoms with Gasteiger partial charge in [-0.1, -0.05) is 12.1 Å². The summed E-state index contributed by atoms with van der Waals surface area (Å²) in [6.45, 7) is 2.79. The molecule has 0 saturated heterocycles. The highest BCUT2D eigenvalue weighted by Gasteiger charge is 2.17. The van der Waals surface area contributed by atoms with E-state index >= 15 is 0 Å². The standard InChI is InChI=1S/C18H15NO5/c1-11-9-16(21)14-6-3-5-13(17(14)24-11)10-15(12(2)20)18(22)23-8-4-7-19/h3,5-6,9-10H,4,8H2,1-2H3. The summed E-state index contributed by atoms with van der Waals surface area (Å²) >= 11 is 0. The average Bonchev–Trinajstić information content (AvgIpc) is 2.52. The number of fused-ring (bicyclic) bond motifs is 1. The van der Waals surface area contributed by atoms with Crippen LogP contribution in [0.5, 0.6) is 0 Å². The van der Waals surface area contributed by atoms with Gasteiger partial charge in [-0.15, -0.1) is 0 Å². The van der Waals surface area contributed by atoms with Crippen molar-refractivity contribution in [3.63, 3.8) is 0 Å². The Bertz CT molecular complexity index is 931. The molecule has 0 aliphatic carbocycles. The van der Waals surface area contributed by atoms with Crippen LogP contribution in [0.3, 0.4) is 0 Å². The molecule has 1 heterocycles. The Morgan fingerprint density at radius 3 is 2.79 bits per heavy atom. The third-order valence-electron chi connectivity index (χ3n) is 3.25. The van der Waals surface area contributed by atoms with Gasteiger partial charge in [-0.2, -0.15) is 5.26 Å². The van der Waals surface area contributed by atoms with Gasteiger partial charge in [0, 0.05) is 11.6 Å². The maximum atomic E-state index is 12.0. The smallest absolute Gasteiger partial charge is 0.341 e. The van der Waals surface area contributed by atoms with Crippen LogP contribution in [0.1, 0.15) is 24.7 Å². The normalized spacial score (nSPS) is 11.1. The van der Waals surface area contributed by atoms with Crippen molar-refractivity contribution >= 4 is 28.8 Å². The molecule has 1 aromatic carbocycles. The van der Waals surface area contributed by atoms with Crippen molar-refractivity contribution in [3.05, 3.63) is 51.4 Å². The Balaban J connectivity index is 2.52. The van der Waals surface area contributed by atoms with Crippen molar-refractivity contribution in [2.45, 2.75) is 20.3 Å². The number of nitrogens with zero attached hydrogens (tertiary/aromatic N) is 1. The van der Waals surface area contributed by atoms with E-state index in [1.165, 1.54) is 19.1 Å². The van der Waals surface area contributed by atoms with Gasteiger partial charge in [-0.3, -0.25) is 9.59 Å². The minimum absolute atomic E-state index is 0.0409. The van der Waals surface area contributed by atoms with Crippen LogP contribution in [-0.4, -0.2) is 18.4 Å². The van der Waals surface area contributed by atoms with E-state index in [0.717, 1.165) is 0 Å². The first kappa shape index (κ1) is 17.2. The predicted octanol–water partition coefficient (Wildman–Crippen LogP) is 2.53. The molecule has 2 aromatic rings. The third-order valence-corrected chi connectivity index (χ3v) is 3.25. The SMILES string of the molecule is CC(=O)C(=Cc1cccc2c(=O)cc(C)oc12)C(=O)OCCC#N. The van der Waals surface area contributed by atoms with E-state index in [1.807, 2.05) is 6.07 Å². The van der Waals surface area contributed by atoms with Gasteiger partial charge in [-0.05, 0) is 26.0 Å². The fourth-order valence-corrected chi connectivity index (χ4v) is 2.16. The van der Waals surface area contributed by atoms with E-state index in [2.05, 4.69) is 0 Å². The van der Waals surface area contributed by atoms with Gasteiger partial charge in [-0.25, -0.2) is 4.79 Å². The van der Waals surface area contributed by atoms with Crippen molar-refractivity contribution in [2.24, 2.45) is 0 Å². The third kappa shape index (κ3) is 3.76. The van der Waals surface area contributed by atoms with Gasteiger partial charge >= 0.3 is 5.97 Å². The van der Waals surface area contributed by atoms with Gasteiger partial charge in [0.05, 0.1) is 17.9 Å². The number of carbonyl (C=O) groups is 2. The summed E-state index contributed by atoms with van der Waals surface area (Å²) in [6, 6.07) is 8.10. The molecule has 122 valence electrons. The summed E-state index contributed by atoms with van der Waals surface area (Å²) in [5.74, 6) is -0.872. The number of para-hydroxylation sites is 1. The molecule has 6 heteroatoms. The van der Waals surface area contributed by atoms with Gasteiger partial charge in [0.1, 0.15) is 23.5 Å². The minimum atomic E-state index is -0.815. The Kier molecular flexibility index (Phi) is 5.27. The van der Waals surface area contributed by atoms with E-state index in [-0.39, 0.29) is 24.0 Å². The number of esters is 1. The topological polar surface area (TPSA) is 97.4 Å². The molecule has 0 unspecified atom stereocenters. The number of benzene rings is 1. The zero-order chi connectivity index (χ0) is 17.7. The van der Waals surface area contributed by atoms with Gasteiger partial charge in [0.15, 0.2) is 11.2 Å². The zero-order valence-corrected chi connectivity index (χ0v) is 13.3. The van der Waals surface area contributed by atoms with E-state index in [4.69, 9.17) is 14.4 Å². The van der Waals surface area contributed by atoms with Crippen LogP contribution in [0.4, 0.5) is 0 Å². The predicted molar refractivity (Wildman–Crippen MR) is 87.1 cm³/mol. The summed E-state index contributed by atoms with van der Waals surface area (Å²) in [7, 11) is 0. The number of carbonyl (C=O) groups excluding carboxylic acids is 2. The van der Waals surface area contributed by atoms with Crippen molar-refractivity contribution in [3.8, 4) is 6.07 Å². The molecule has 0 fully saturated rings. The highest BCUT2D eigenvalue weighted by molar-refractivity contribution is 6.20.